The molecule has 3 fully saturated rings. The number of epoxide rings is 1. The second kappa shape index (κ2) is 2.32. The van der Waals surface area contributed by atoms with E-state index in [9.17, 15) is 4.79 Å². The minimum Gasteiger partial charge on any atom is -0.467 e. The number of rotatable bonds is 1. The molecule has 0 N–H and O–H groups in total. The lowest BCUT2D eigenvalue weighted by Crippen LogP contribution is -2.36. The normalized spacial score (nSPS) is 53.9. The predicted molar refractivity (Wildman–Crippen MR) is 49.7 cm³/mol. The van der Waals surface area contributed by atoms with Gasteiger partial charge in [-0.3, -0.25) is 0 Å². The first-order valence-electron chi connectivity index (χ1n) is 5.41. The Morgan fingerprint density at radius 3 is 2.79 bits per heavy atom. The van der Waals surface area contributed by atoms with E-state index in [0.29, 0.717) is 5.92 Å². The molecule has 1 aliphatic heterocycles. The van der Waals surface area contributed by atoms with Crippen molar-refractivity contribution in [1.82, 2.24) is 0 Å². The summed E-state index contributed by atoms with van der Waals surface area (Å²) in [7, 11) is 1.44. The molecule has 0 aromatic carbocycles. The van der Waals surface area contributed by atoms with Gasteiger partial charge in [0.15, 0.2) is 5.60 Å². The fourth-order valence-corrected chi connectivity index (χ4v) is 3.74. The molecule has 0 aromatic rings. The molecule has 3 heteroatoms. The van der Waals surface area contributed by atoms with Crippen molar-refractivity contribution in [3.05, 3.63) is 0 Å². The van der Waals surface area contributed by atoms with Crippen molar-refractivity contribution in [2.24, 2.45) is 11.8 Å². The second-order valence-electron chi connectivity index (χ2n) is 5.10. The first-order chi connectivity index (χ1) is 6.62. The molecule has 2 aliphatic carbocycles. The summed E-state index contributed by atoms with van der Waals surface area (Å²) >= 11 is 0. The monoisotopic (exact) mass is 196 g/mol. The van der Waals surface area contributed by atoms with Crippen molar-refractivity contribution in [2.45, 2.75) is 43.8 Å². The van der Waals surface area contributed by atoms with Crippen molar-refractivity contribution in [2.75, 3.05) is 7.11 Å². The van der Waals surface area contributed by atoms with Gasteiger partial charge in [-0.05, 0) is 44.4 Å². The summed E-state index contributed by atoms with van der Waals surface area (Å²) in [6.07, 6.45) is 4.89. The minimum absolute atomic E-state index is 0.136. The Balaban J connectivity index is 1.86. The molecule has 4 unspecified atom stereocenters. The van der Waals surface area contributed by atoms with Crippen molar-refractivity contribution in [1.29, 1.82) is 0 Å². The van der Waals surface area contributed by atoms with Crippen LogP contribution in [0.4, 0.5) is 0 Å². The Morgan fingerprint density at radius 1 is 1.50 bits per heavy atom. The molecule has 3 rings (SSSR count). The van der Waals surface area contributed by atoms with Gasteiger partial charge in [-0.2, -0.15) is 0 Å². The minimum atomic E-state index is -0.623. The largest absolute Gasteiger partial charge is 0.467 e. The average molecular weight is 196 g/mol. The zero-order chi connectivity index (χ0) is 9.97. The lowest BCUT2D eigenvalue weighted by Gasteiger charge is -2.20. The Hall–Kier alpha value is -0.570. The summed E-state index contributed by atoms with van der Waals surface area (Å²) in [5.74, 6) is 1.22. The number of carbonyl (C=O) groups excluding carboxylic acids is 1. The van der Waals surface area contributed by atoms with Gasteiger partial charge >= 0.3 is 5.97 Å². The fourth-order valence-electron chi connectivity index (χ4n) is 3.74. The molecule has 2 saturated carbocycles. The predicted octanol–water partition coefficient (Wildman–Crippen LogP) is 1.51. The number of fused-ring (bicyclic) bond motifs is 3. The van der Waals surface area contributed by atoms with Crippen LogP contribution in [-0.2, 0) is 14.3 Å². The van der Waals surface area contributed by atoms with Crippen LogP contribution in [-0.4, -0.2) is 24.3 Å². The van der Waals surface area contributed by atoms with Gasteiger partial charge in [0.05, 0.1) is 7.11 Å². The summed E-state index contributed by atoms with van der Waals surface area (Å²) in [4.78, 5) is 11.6. The summed E-state index contributed by atoms with van der Waals surface area (Å²) in [6.45, 7) is 1.89. The lowest BCUT2D eigenvalue weighted by molar-refractivity contribution is -0.146. The van der Waals surface area contributed by atoms with Gasteiger partial charge in [-0.15, -0.1) is 0 Å². The van der Waals surface area contributed by atoms with Crippen LogP contribution in [0.3, 0.4) is 0 Å². The highest BCUT2D eigenvalue weighted by Gasteiger charge is 2.78. The molecule has 0 radical (unpaired) electrons. The highest BCUT2D eigenvalue weighted by Crippen LogP contribution is 2.67. The van der Waals surface area contributed by atoms with Crippen LogP contribution in [0.25, 0.3) is 0 Å². The van der Waals surface area contributed by atoms with E-state index in [0.717, 1.165) is 12.3 Å². The van der Waals surface area contributed by atoms with E-state index in [4.69, 9.17) is 9.47 Å². The molecule has 1 saturated heterocycles. The number of hydrogen-bond donors (Lipinski definition) is 0. The molecule has 78 valence electrons. The van der Waals surface area contributed by atoms with Crippen LogP contribution in [0.1, 0.15) is 32.6 Å². The molecule has 0 aromatic heterocycles. The summed E-state index contributed by atoms with van der Waals surface area (Å²) in [6, 6.07) is 0. The summed E-state index contributed by atoms with van der Waals surface area (Å²) in [5.41, 5.74) is -0.759. The van der Waals surface area contributed by atoms with E-state index in [1.165, 1.54) is 26.4 Å². The maximum atomic E-state index is 11.6. The maximum absolute atomic E-state index is 11.6. The van der Waals surface area contributed by atoms with E-state index in [1.807, 2.05) is 6.92 Å². The number of ether oxygens (including phenoxy) is 2. The van der Waals surface area contributed by atoms with Gasteiger partial charge in [-0.1, -0.05) is 0 Å². The van der Waals surface area contributed by atoms with Gasteiger partial charge < -0.3 is 9.47 Å². The molecule has 14 heavy (non-hydrogen) atoms. The molecule has 3 nitrogen and oxygen atoms in total. The lowest BCUT2D eigenvalue weighted by atomic mass is 9.80. The number of hydrogen-bond acceptors (Lipinski definition) is 3. The smallest absolute Gasteiger partial charge is 0.340 e. The third-order valence-corrected chi connectivity index (χ3v) is 4.52. The van der Waals surface area contributed by atoms with E-state index < -0.39 is 5.60 Å². The first-order valence-corrected chi connectivity index (χ1v) is 5.41. The Bertz CT molecular complexity index is 301. The quantitative estimate of drug-likeness (QED) is 0.471. The van der Waals surface area contributed by atoms with Crippen molar-refractivity contribution >= 4 is 5.97 Å². The zero-order valence-electron chi connectivity index (χ0n) is 8.71. The van der Waals surface area contributed by atoms with Crippen molar-refractivity contribution < 1.29 is 14.3 Å². The van der Waals surface area contributed by atoms with E-state index >= 15 is 0 Å². The molecule has 4 atom stereocenters. The Morgan fingerprint density at radius 2 is 2.29 bits per heavy atom. The topological polar surface area (TPSA) is 38.8 Å². The van der Waals surface area contributed by atoms with Crippen LogP contribution in [0.15, 0.2) is 0 Å². The van der Waals surface area contributed by atoms with Crippen LogP contribution in [0, 0.1) is 11.8 Å². The van der Waals surface area contributed by atoms with Crippen LogP contribution in [0.2, 0.25) is 0 Å². The van der Waals surface area contributed by atoms with Gasteiger partial charge in [0.2, 0.25) is 0 Å². The second-order valence-corrected chi connectivity index (χ2v) is 5.10. The van der Waals surface area contributed by atoms with Crippen LogP contribution < -0.4 is 0 Å². The highest BCUT2D eigenvalue weighted by molar-refractivity contribution is 5.84. The van der Waals surface area contributed by atoms with E-state index in [1.54, 1.807) is 0 Å². The van der Waals surface area contributed by atoms with E-state index in [-0.39, 0.29) is 11.6 Å². The fraction of sp³-hybridized carbons (Fsp3) is 0.909. The molecule has 1 spiro atoms. The first kappa shape index (κ1) is 8.72. The van der Waals surface area contributed by atoms with Gasteiger partial charge in [0, 0.05) is 0 Å². The molecule has 2 bridgehead atoms. The summed E-state index contributed by atoms with van der Waals surface area (Å²) < 4.78 is 10.6. The molecule has 1 heterocycles. The molecule has 3 aliphatic rings. The Kier molecular flexibility index (Phi) is 1.45. The van der Waals surface area contributed by atoms with Gasteiger partial charge in [0.25, 0.3) is 0 Å². The third-order valence-electron chi connectivity index (χ3n) is 4.52. The SMILES string of the molecule is COC(=O)C1(C)OC12CC1CCC2C1. The average Bonchev–Trinajstić information content (AvgIpc) is 2.60. The molecular formula is C11H16O3. The third kappa shape index (κ3) is 0.761. The van der Waals surface area contributed by atoms with E-state index in [2.05, 4.69) is 0 Å². The highest BCUT2D eigenvalue weighted by atomic mass is 16.7. The number of methoxy groups -OCH3 is 1. The van der Waals surface area contributed by atoms with Gasteiger partial charge in [0.1, 0.15) is 5.60 Å². The maximum Gasteiger partial charge on any atom is 0.340 e. The van der Waals surface area contributed by atoms with Crippen LogP contribution >= 0.6 is 0 Å². The number of carbonyl (C=O) groups is 1. The van der Waals surface area contributed by atoms with Crippen LogP contribution in [0.5, 0.6) is 0 Å². The molecule has 0 amide bonds. The Labute approximate surface area is 83.8 Å². The number of esters is 1. The molecular weight excluding hydrogens is 180 g/mol. The zero-order valence-corrected chi connectivity index (χ0v) is 8.71. The standard InChI is InChI=1S/C11H16O3/c1-10(9(12)13-2)11(14-10)6-7-3-4-8(11)5-7/h7-8H,3-6H2,1-2H3. The van der Waals surface area contributed by atoms with Gasteiger partial charge in [-0.25, -0.2) is 4.79 Å². The van der Waals surface area contributed by atoms with Crippen molar-refractivity contribution in [3.8, 4) is 0 Å². The van der Waals surface area contributed by atoms with Crippen molar-refractivity contribution in [3.63, 3.8) is 0 Å². The summed E-state index contributed by atoms with van der Waals surface area (Å²) in [5, 5.41) is 0.